The highest BCUT2D eigenvalue weighted by atomic mass is 35.5. The summed E-state index contributed by atoms with van der Waals surface area (Å²) in [6.45, 7) is 1.66. The van der Waals surface area contributed by atoms with Crippen molar-refractivity contribution in [2.24, 2.45) is 0 Å². The van der Waals surface area contributed by atoms with E-state index in [-0.39, 0.29) is 6.54 Å². The molecule has 1 heterocycles. The van der Waals surface area contributed by atoms with Gasteiger partial charge in [0.15, 0.2) is 0 Å². The number of benzene rings is 1. The SMILES string of the molecule is CC1C(=O)NC(=O)CN1c1cccc(Cl)c1C=CC(=O)O. The third kappa shape index (κ3) is 3.22. The number of rotatable bonds is 3. The molecule has 1 unspecified atom stereocenters. The molecule has 0 saturated carbocycles. The molecule has 1 aromatic carbocycles. The van der Waals surface area contributed by atoms with E-state index in [1.165, 1.54) is 6.08 Å². The van der Waals surface area contributed by atoms with Gasteiger partial charge in [-0.05, 0) is 25.1 Å². The monoisotopic (exact) mass is 308 g/mol. The van der Waals surface area contributed by atoms with Crippen molar-refractivity contribution in [3.8, 4) is 0 Å². The van der Waals surface area contributed by atoms with Crippen LogP contribution in [0.4, 0.5) is 5.69 Å². The number of carboxylic acids is 1. The quantitative estimate of drug-likeness (QED) is 0.649. The minimum Gasteiger partial charge on any atom is -0.478 e. The van der Waals surface area contributed by atoms with Gasteiger partial charge in [-0.1, -0.05) is 17.7 Å². The molecule has 21 heavy (non-hydrogen) atoms. The molecule has 0 spiro atoms. The number of carbonyl (C=O) groups excluding carboxylic acids is 2. The lowest BCUT2D eigenvalue weighted by molar-refractivity contribution is -0.133. The first-order valence-electron chi connectivity index (χ1n) is 6.20. The maximum absolute atomic E-state index is 11.7. The molecule has 1 fully saturated rings. The van der Waals surface area contributed by atoms with Crippen molar-refractivity contribution in [3.63, 3.8) is 0 Å². The second-order valence-electron chi connectivity index (χ2n) is 4.56. The Morgan fingerprint density at radius 1 is 1.48 bits per heavy atom. The van der Waals surface area contributed by atoms with E-state index in [1.54, 1.807) is 30.0 Å². The second-order valence-corrected chi connectivity index (χ2v) is 4.97. The van der Waals surface area contributed by atoms with Crippen LogP contribution in [0.15, 0.2) is 24.3 Å². The van der Waals surface area contributed by atoms with Crippen LogP contribution in [-0.2, 0) is 14.4 Å². The number of nitrogens with one attached hydrogen (secondary N) is 1. The Morgan fingerprint density at radius 3 is 2.86 bits per heavy atom. The lowest BCUT2D eigenvalue weighted by Gasteiger charge is -2.34. The van der Waals surface area contributed by atoms with Gasteiger partial charge in [-0.15, -0.1) is 0 Å². The number of piperazine rings is 1. The predicted molar refractivity (Wildman–Crippen MR) is 78.1 cm³/mol. The molecular formula is C14H13ClN2O4. The third-order valence-electron chi connectivity index (χ3n) is 3.16. The first kappa shape index (κ1) is 15.1. The van der Waals surface area contributed by atoms with Crippen LogP contribution in [0.5, 0.6) is 0 Å². The zero-order chi connectivity index (χ0) is 15.6. The van der Waals surface area contributed by atoms with Crippen LogP contribution in [0.2, 0.25) is 5.02 Å². The summed E-state index contributed by atoms with van der Waals surface area (Å²) in [5.74, 6) is -1.92. The number of nitrogens with zero attached hydrogens (tertiary/aromatic N) is 1. The predicted octanol–water partition coefficient (Wildman–Crippen LogP) is 1.29. The van der Waals surface area contributed by atoms with Crippen molar-refractivity contribution < 1.29 is 19.5 Å². The van der Waals surface area contributed by atoms with Gasteiger partial charge in [-0.2, -0.15) is 0 Å². The number of anilines is 1. The number of aliphatic carboxylic acids is 1. The maximum atomic E-state index is 11.7. The smallest absolute Gasteiger partial charge is 0.328 e. The zero-order valence-electron chi connectivity index (χ0n) is 11.2. The van der Waals surface area contributed by atoms with E-state index in [4.69, 9.17) is 16.7 Å². The van der Waals surface area contributed by atoms with Gasteiger partial charge < -0.3 is 10.0 Å². The first-order valence-corrected chi connectivity index (χ1v) is 6.58. The van der Waals surface area contributed by atoms with E-state index in [9.17, 15) is 14.4 Å². The molecule has 1 saturated heterocycles. The van der Waals surface area contributed by atoms with E-state index in [0.29, 0.717) is 16.3 Å². The van der Waals surface area contributed by atoms with Gasteiger partial charge in [-0.3, -0.25) is 14.9 Å². The van der Waals surface area contributed by atoms with Gasteiger partial charge in [0, 0.05) is 22.3 Å². The average Bonchev–Trinajstić information content (AvgIpc) is 2.41. The Kier molecular flexibility index (Phi) is 4.28. The summed E-state index contributed by atoms with van der Waals surface area (Å²) in [4.78, 5) is 35.5. The van der Waals surface area contributed by atoms with Crippen LogP contribution < -0.4 is 10.2 Å². The highest BCUT2D eigenvalue weighted by molar-refractivity contribution is 6.32. The van der Waals surface area contributed by atoms with E-state index >= 15 is 0 Å². The molecule has 0 radical (unpaired) electrons. The minimum atomic E-state index is -1.11. The molecule has 2 rings (SSSR count). The normalized spacial score (nSPS) is 19.0. The number of imide groups is 1. The number of amides is 2. The molecule has 2 amide bonds. The standard InChI is InChI=1S/C14H13ClN2O4/c1-8-14(21)16-12(18)7-17(8)11-4-2-3-10(15)9(11)5-6-13(19)20/h2-6,8H,7H2,1H3,(H,19,20)(H,16,18,21). The van der Waals surface area contributed by atoms with Gasteiger partial charge in [0.1, 0.15) is 6.04 Å². The lowest BCUT2D eigenvalue weighted by atomic mass is 10.1. The zero-order valence-corrected chi connectivity index (χ0v) is 11.9. The van der Waals surface area contributed by atoms with E-state index in [1.807, 2.05) is 0 Å². The van der Waals surface area contributed by atoms with Crippen molar-refractivity contribution >= 4 is 41.1 Å². The van der Waals surface area contributed by atoms with Crippen LogP contribution in [0, 0.1) is 0 Å². The summed E-state index contributed by atoms with van der Waals surface area (Å²) in [6.07, 6.45) is 2.31. The van der Waals surface area contributed by atoms with E-state index in [0.717, 1.165) is 6.08 Å². The van der Waals surface area contributed by atoms with Crippen molar-refractivity contribution in [3.05, 3.63) is 34.9 Å². The third-order valence-corrected chi connectivity index (χ3v) is 3.49. The Hall–Kier alpha value is -2.34. The molecule has 0 aliphatic carbocycles. The molecule has 6 nitrogen and oxygen atoms in total. The number of carboxylic acid groups (broad SMARTS) is 1. The van der Waals surface area contributed by atoms with Crippen molar-refractivity contribution in [1.82, 2.24) is 5.32 Å². The van der Waals surface area contributed by atoms with E-state index in [2.05, 4.69) is 5.32 Å². The van der Waals surface area contributed by atoms with Crippen LogP contribution in [-0.4, -0.2) is 35.5 Å². The summed E-state index contributed by atoms with van der Waals surface area (Å²) < 4.78 is 0. The highest BCUT2D eigenvalue weighted by Gasteiger charge is 2.31. The fraction of sp³-hybridized carbons (Fsp3) is 0.214. The lowest BCUT2D eigenvalue weighted by Crippen LogP contribution is -2.57. The van der Waals surface area contributed by atoms with Crippen LogP contribution in [0.25, 0.3) is 6.08 Å². The van der Waals surface area contributed by atoms with Crippen LogP contribution in [0.3, 0.4) is 0 Å². The van der Waals surface area contributed by atoms with Crippen LogP contribution in [0.1, 0.15) is 12.5 Å². The van der Waals surface area contributed by atoms with Gasteiger partial charge in [-0.25, -0.2) is 4.79 Å². The first-order chi connectivity index (χ1) is 9.90. The summed E-state index contributed by atoms with van der Waals surface area (Å²) in [6, 6.07) is 4.43. The Labute approximate surface area is 126 Å². The van der Waals surface area contributed by atoms with Gasteiger partial charge in [0.2, 0.25) is 11.8 Å². The largest absolute Gasteiger partial charge is 0.478 e. The Morgan fingerprint density at radius 2 is 2.19 bits per heavy atom. The summed E-state index contributed by atoms with van der Waals surface area (Å²) in [5.41, 5.74) is 0.992. The summed E-state index contributed by atoms with van der Waals surface area (Å²) in [7, 11) is 0. The number of hydrogen-bond donors (Lipinski definition) is 2. The van der Waals surface area contributed by atoms with Gasteiger partial charge in [0.25, 0.3) is 0 Å². The fourth-order valence-electron chi connectivity index (χ4n) is 2.10. The Balaban J connectivity index is 2.47. The van der Waals surface area contributed by atoms with Gasteiger partial charge in [0.05, 0.1) is 6.54 Å². The van der Waals surface area contributed by atoms with Crippen molar-refractivity contribution in [2.75, 3.05) is 11.4 Å². The molecule has 0 bridgehead atoms. The molecule has 1 aromatic rings. The highest BCUT2D eigenvalue weighted by Crippen LogP contribution is 2.30. The molecular weight excluding hydrogens is 296 g/mol. The fourth-order valence-corrected chi connectivity index (χ4v) is 2.34. The summed E-state index contributed by atoms with van der Waals surface area (Å²) in [5, 5.41) is 11.3. The minimum absolute atomic E-state index is 0.00115. The second kappa shape index (κ2) is 5.97. The van der Waals surface area contributed by atoms with Crippen LogP contribution >= 0.6 is 11.6 Å². The Bertz CT molecular complexity index is 642. The number of carbonyl (C=O) groups is 3. The molecule has 1 aliphatic heterocycles. The average molecular weight is 309 g/mol. The topological polar surface area (TPSA) is 86.7 Å². The molecule has 0 aromatic heterocycles. The van der Waals surface area contributed by atoms with E-state index < -0.39 is 23.8 Å². The van der Waals surface area contributed by atoms with Crippen molar-refractivity contribution in [1.29, 1.82) is 0 Å². The molecule has 2 N–H and O–H groups in total. The molecule has 1 atom stereocenters. The maximum Gasteiger partial charge on any atom is 0.328 e. The van der Waals surface area contributed by atoms with Gasteiger partial charge >= 0.3 is 5.97 Å². The summed E-state index contributed by atoms with van der Waals surface area (Å²) >= 11 is 6.10. The molecule has 110 valence electrons. The number of halogens is 1. The van der Waals surface area contributed by atoms with Crippen molar-refractivity contribution in [2.45, 2.75) is 13.0 Å². The molecule has 7 heteroatoms. The molecule has 1 aliphatic rings. The number of hydrogen-bond acceptors (Lipinski definition) is 4.